The van der Waals surface area contributed by atoms with E-state index in [4.69, 9.17) is 9.47 Å². The van der Waals surface area contributed by atoms with Crippen LogP contribution in [0.15, 0.2) is 78.9 Å². The quantitative estimate of drug-likeness (QED) is 0.565. The molecule has 0 fully saturated rings. The van der Waals surface area contributed by atoms with Gasteiger partial charge in [-0.25, -0.2) is 4.79 Å². The monoisotopic (exact) mass is 389 g/mol. The summed E-state index contributed by atoms with van der Waals surface area (Å²) in [5.41, 5.74) is 0.829. The van der Waals surface area contributed by atoms with Crippen molar-refractivity contribution in [1.82, 2.24) is 0 Å². The number of aromatic carboxylic acids is 1. The predicted octanol–water partition coefficient (Wildman–Crippen LogP) is 4.84. The Morgan fingerprint density at radius 3 is 2.38 bits per heavy atom. The van der Waals surface area contributed by atoms with Gasteiger partial charge < -0.3 is 19.9 Å². The summed E-state index contributed by atoms with van der Waals surface area (Å²) in [4.78, 5) is 23.9. The molecule has 2 N–H and O–H groups in total. The number of hydrogen-bond acceptors (Lipinski definition) is 4. The fourth-order valence-corrected chi connectivity index (χ4v) is 2.65. The highest BCUT2D eigenvalue weighted by Gasteiger charge is 2.13. The van der Waals surface area contributed by atoms with Crippen LogP contribution in [-0.4, -0.2) is 24.1 Å². The Kier molecular flexibility index (Phi) is 6.27. The van der Waals surface area contributed by atoms with Gasteiger partial charge in [0.05, 0.1) is 18.4 Å². The summed E-state index contributed by atoms with van der Waals surface area (Å²) in [5, 5.41) is 12.0. The molecular weight excluding hydrogens is 370 g/mol. The first kappa shape index (κ1) is 19.7. The normalized spacial score (nSPS) is 10.5. The SMILES string of the molecule is COc1ccccc1/C=C/C(=O)Nc1cc(Oc2ccccc2)ccc1C(=O)O. The summed E-state index contributed by atoms with van der Waals surface area (Å²) >= 11 is 0. The van der Waals surface area contributed by atoms with Crippen molar-refractivity contribution < 1.29 is 24.2 Å². The van der Waals surface area contributed by atoms with Crippen molar-refractivity contribution in [3.63, 3.8) is 0 Å². The van der Waals surface area contributed by atoms with E-state index in [9.17, 15) is 14.7 Å². The van der Waals surface area contributed by atoms with E-state index in [2.05, 4.69) is 5.32 Å². The minimum absolute atomic E-state index is 0.0375. The van der Waals surface area contributed by atoms with Crippen LogP contribution < -0.4 is 14.8 Å². The summed E-state index contributed by atoms with van der Waals surface area (Å²) in [5.74, 6) is 0.00528. The van der Waals surface area contributed by atoms with Crippen molar-refractivity contribution >= 4 is 23.6 Å². The number of benzene rings is 3. The maximum Gasteiger partial charge on any atom is 0.337 e. The molecule has 3 rings (SSSR count). The average molecular weight is 389 g/mol. The third-order valence-electron chi connectivity index (χ3n) is 4.01. The van der Waals surface area contributed by atoms with Crippen LogP contribution in [0.1, 0.15) is 15.9 Å². The van der Waals surface area contributed by atoms with Crippen LogP contribution >= 0.6 is 0 Å². The second-order valence-corrected chi connectivity index (χ2v) is 5.99. The standard InChI is InChI=1S/C23H19NO5/c1-28-21-10-6-5-7-16(21)11-14-22(25)24-20-15-18(12-13-19(20)23(26)27)29-17-8-3-2-4-9-17/h2-15H,1H3,(H,24,25)(H,26,27)/b14-11+. The molecule has 6 nitrogen and oxygen atoms in total. The number of carboxylic acids is 1. The molecular formula is C23H19NO5. The van der Waals surface area contributed by atoms with Gasteiger partial charge in [-0.05, 0) is 36.4 Å². The first-order valence-electron chi connectivity index (χ1n) is 8.79. The zero-order valence-corrected chi connectivity index (χ0v) is 15.7. The number of methoxy groups -OCH3 is 1. The van der Waals surface area contributed by atoms with Gasteiger partial charge in [0.15, 0.2) is 0 Å². The number of ether oxygens (including phenoxy) is 2. The summed E-state index contributed by atoms with van der Waals surface area (Å²) in [6.07, 6.45) is 2.91. The summed E-state index contributed by atoms with van der Waals surface area (Å²) in [7, 11) is 1.55. The molecule has 3 aromatic carbocycles. The predicted molar refractivity (Wildman–Crippen MR) is 111 cm³/mol. The van der Waals surface area contributed by atoms with Gasteiger partial charge in [0.25, 0.3) is 0 Å². The molecule has 0 aliphatic heterocycles. The Balaban J connectivity index is 1.80. The van der Waals surface area contributed by atoms with E-state index < -0.39 is 11.9 Å². The van der Waals surface area contributed by atoms with Gasteiger partial charge in [0.2, 0.25) is 5.91 Å². The Bertz CT molecular complexity index is 1040. The fourth-order valence-electron chi connectivity index (χ4n) is 2.65. The Morgan fingerprint density at radius 1 is 0.931 bits per heavy atom. The van der Waals surface area contributed by atoms with Gasteiger partial charge >= 0.3 is 5.97 Å². The number of anilines is 1. The van der Waals surface area contributed by atoms with Gasteiger partial charge in [0.1, 0.15) is 17.2 Å². The summed E-state index contributed by atoms with van der Waals surface area (Å²) in [6.45, 7) is 0. The highest BCUT2D eigenvalue weighted by Crippen LogP contribution is 2.27. The van der Waals surface area contributed by atoms with Gasteiger partial charge in [-0.3, -0.25) is 4.79 Å². The molecule has 1 amide bonds. The summed E-state index contributed by atoms with van der Waals surface area (Å²) < 4.78 is 11.0. The molecule has 0 aliphatic rings. The molecule has 29 heavy (non-hydrogen) atoms. The molecule has 0 bridgehead atoms. The first-order chi connectivity index (χ1) is 14.1. The molecule has 0 spiro atoms. The highest BCUT2D eigenvalue weighted by atomic mass is 16.5. The van der Waals surface area contributed by atoms with E-state index in [1.807, 2.05) is 30.3 Å². The van der Waals surface area contributed by atoms with E-state index in [1.165, 1.54) is 24.3 Å². The number of hydrogen-bond donors (Lipinski definition) is 2. The molecule has 0 saturated carbocycles. The lowest BCUT2D eigenvalue weighted by molar-refractivity contribution is -0.111. The molecule has 0 aliphatic carbocycles. The number of nitrogens with one attached hydrogen (secondary N) is 1. The average Bonchev–Trinajstić information content (AvgIpc) is 2.73. The van der Waals surface area contributed by atoms with E-state index in [-0.39, 0.29) is 11.3 Å². The first-order valence-corrected chi connectivity index (χ1v) is 8.79. The zero-order chi connectivity index (χ0) is 20.6. The van der Waals surface area contributed by atoms with E-state index >= 15 is 0 Å². The lowest BCUT2D eigenvalue weighted by atomic mass is 10.1. The zero-order valence-electron chi connectivity index (χ0n) is 15.7. The number of para-hydroxylation sites is 2. The molecule has 146 valence electrons. The topological polar surface area (TPSA) is 84.9 Å². The lowest BCUT2D eigenvalue weighted by Gasteiger charge is -2.11. The van der Waals surface area contributed by atoms with Gasteiger partial charge in [-0.2, -0.15) is 0 Å². The molecule has 3 aromatic rings. The van der Waals surface area contributed by atoms with Crippen LogP contribution in [0, 0.1) is 0 Å². The van der Waals surface area contributed by atoms with Gasteiger partial charge in [-0.1, -0.05) is 36.4 Å². The van der Waals surface area contributed by atoms with Crippen molar-refractivity contribution in [2.75, 3.05) is 12.4 Å². The van der Waals surface area contributed by atoms with Crippen LogP contribution in [0.25, 0.3) is 6.08 Å². The van der Waals surface area contributed by atoms with Crippen molar-refractivity contribution in [3.8, 4) is 17.2 Å². The minimum atomic E-state index is -1.15. The molecule has 0 atom stereocenters. The number of amides is 1. The van der Waals surface area contributed by atoms with Crippen molar-refractivity contribution in [2.45, 2.75) is 0 Å². The molecule has 0 saturated heterocycles. The van der Waals surface area contributed by atoms with E-state index in [1.54, 1.807) is 37.5 Å². The minimum Gasteiger partial charge on any atom is -0.496 e. The second-order valence-electron chi connectivity index (χ2n) is 5.99. The van der Waals surface area contributed by atoms with Crippen LogP contribution in [0.2, 0.25) is 0 Å². The Hall–Kier alpha value is -4.06. The van der Waals surface area contributed by atoms with E-state index in [0.717, 1.165) is 5.56 Å². The largest absolute Gasteiger partial charge is 0.496 e. The fraction of sp³-hybridized carbons (Fsp3) is 0.0435. The molecule has 0 aromatic heterocycles. The maximum absolute atomic E-state index is 12.4. The summed E-state index contributed by atoms with van der Waals surface area (Å²) in [6, 6.07) is 20.7. The highest BCUT2D eigenvalue weighted by molar-refractivity contribution is 6.06. The number of carbonyl (C=O) groups is 2. The third kappa shape index (κ3) is 5.23. The van der Waals surface area contributed by atoms with Crippen LogP contribution in [0.3, 0.4) is 0 Å². The van der Waals surface area contributed by atoms with Gasteiger partial charge in [0, 0.05) is 17.7 Å². The number of carboxylic acid groups (broad SMARTS) is 1. The van der Waals surface area contributed by atoms with Crippen molar-refractivity contribution in [2.24, 2.45) is 0 Å². The van der Waals surface area contributed by atoms with Crippen LogP contribution in [0.4, 0.5) is 5.69 Å². The Morgan fingerprint density at radius 2 is 1.66 bits per heavy atom. The lowest BCUT2D eigenvalue weighted by Crippen LogP contribution is -2.12. The molecule has 0 radical (unpaired) electrons. The van der Waals surface area contributed by atoms with E-state index in [0.29, 0.717) is 17.2 Å². The number of rotatable bonds is 7. The van der Waals surface area contributed by atoms with Crippen LogP contribution in [0.5, 0.6) is 17.2 Å². The molecule has 0 unspecified atom stereocenters. The third-order valence-corrected chi connectivity index (χ3v) is 4.01. The second kappa shape index (κ2) is 9.23. The Labute approximate surface area is 168 Å². The smallest absolute Gasteiger partial charge is 0.337 e. The van der Waals surface area contributed by atoms with Gasteiger partial charge in [-0.15, -0.1) is 0 Å². The molecule has 0 heterocycles. The maximum atomic E-state index is 12.4. The molecule has 6 heteroatoms. The number of carbonyl (C=O) groups excluding carboxylic acids is 1. The van der Waals surface area contributed by atoms with Crippen molar-refractivity contribution in [3.05, 3.63) is 90.0 Å². The van der Waals surface area contributed by atoms with Crippen molar-refractivity contribution in [1.29, 1.82) is 0 Å². The van der Waals surface area contributed by atoms with Crippen LogP contribution in [-0.2, 0) is 4.79 Å².